The number of nitrogens with zero attached hydrogens (tertiary/aromatic N) is 2. The van der Waals surface area contributed by atoms with E-state index < -0.39 is 5.60 Å². The van der Waals surface area contributed by atoms with Crippen LogP contribution >= 0.6 is 0 Å². The van der Waals surface area contributed by atoms with Crippen LogP contribution in [0.4, 0.5) is 4.79 Å². The van der Waals surface area contributed by atoms with E-state index in [1.54, 1.807) is 17.3 Å². The third-order valence-electron chi connectivity index (χ3n) is 2.94. The van der Waals surface area contributed by atoms with Crippen LogP contribution in [0.3, 0.4) is 0 Å². The van der Waals surface area contributed by atoms with Crippen LogP contribution in [-0.4, -0.2) is 41.2 Å². The van der Waals surface area contributed by atoms with Crippen molar-refractivity contribution in [3.63, 3.8) is 0 Å². The molecule has 1 amide bonds. The number of rotatable bonds is 1. The van der Waals surface area contributed by atoms with Crippen molar-refractivity contribution >= 4 is 6.09 Å². The molecule has 0 spiro atoms. The lowest BCUT2D eigenvalue weighted by atomic mass is 10.1. The van der Waals surface area contributed by atoms with E-state index in [9.17, 15) is 4.79 Å². The van der Waals surface area contributed by atoms with Crippen LogP contribution < -0.4 is 5.32 Å². The van der Waals surface area contributed by atoms with Crippen molar-refractivity contribution in [2.24, 2.45) is 0 Å². The molecular weight excluding hydrogens is 242 g/mol. The van der Waals surface area contributed by atoms with E-state index in [-0.39, 0.29) is 12.1 Å². The van der Waals surface area contributed by atoms with Gasteiger partial charge in [-0.25, -0.2) is 4.79 Å². The van der Waals surface area contributed by atoms with Crippen LogP contribution in [0.2, 0.25) is 0 Å². The van der Waals surface area contributed by atoms with Gasteiger partial charge in [0, 0.05) is 32.0 Å². The summed E-state index contributed by atoms with van der Waals surface area (Å²) in [5, 5.41) is 3.41. The van der Waals surface area contributed by atoms with Gasteiger partial charge in [0.05, 0.1) is 6.04 Å². The van der Waals surface area contributed by atoms with Gasteiger partial charge in [-0.15, -0.1) is 0 Å². The van der Waals surface area contributed by atoms with Gasteiger partial charge in [-0.05, 0) is 38.5 Å². The van der Waals surface area contributed by atoms with Crippen LogP contribution in [0.15, 0.2) is 24.5 Å². The third kappa shape index (κ3) is 3.92. The Hall–Kier alpha value is -1.62. The van der Waals surface area contributed by atoms with E-state index in [2.05, 4.69) is 10.3 Å². The van der Waals surface area contributed by atoms with Gasteiger partial charge in [0.25, 0.3) is 0 Å². The predicted octanol–water partition coefficient (Wildman–Crippen LogP) is 1.96. The van der Waals surface area contributed by atoms with E-state index in [0.717, 1.165) is 12.1 Å². The van der Waals surface area contributed by atoms with Gasteiger partial charge >= 0.3 is 6.09 Å². The molecule has 1 atom stereocenters. The molecule has 0 radical (unpaired) electrons. The molecule has 1 aromatic heterocycles. The van der Waals surface area contributed by atoms with Crippen molar-refractivity contribution in [3.8, 4) is 0 Å². The van der Waals surface area contributed by atoms with E-state index in [1.165, 1.54) is 0 Å². The van der Waals surface area contributed by atoms with Crippen LogP contribution in [0.25, 0.3) is 0 Å². The maximum absolute atomic E-state index is 12.1. The van der Waals surface area contributed by atoms with Crippen molar-refractivity contribution in [3.05, 3.63) is 30.1 Å². The molecule has 0 unspecified atom stereocenters. The molecule has 5 nitrogen and oxygen atoms in total. The molecule has 0 aromatic carbocycles. The van der Waals surface area contributed by atoms with Gasteiger partial charge in [-0.3, -0.25) is 4.98 Å². The Morgan fingerprint density at radius 1 is 1.42 bits per heavy atom. The number of piperazine rings is 1. The van der Waals surface area contributed by atoms with Crippen molar-refractivity contribution < 1.29 is 9.53 Å². The molecule has 1 N–H and O–H groups in total. The molecular formula is C14H21N3O2. The van der Waals surface area contributed by atoms with Gasteiger partial charge in [0.15, 0.2) is 0 Å². The summed E-state index contributed by atoms with van der Waals surface area (Å²) in [4.78, 5) is 17.8. The van der Waals surface area contributed by atoms with Crippen molar-refractivity contribution in [1.29, 1.82) is 0 Å². The summed E-state index contributed by atoms with van der Waals surface area (Å²) < 4.78 is 5.41. The minimum Gasteiger partial charge on any atom is -0.444 e. The smallest absolute Gasteiger partial charge is 0.410 e. The molecule has 2 heterocycles. The van der Waals surface area contributed by atoms with Gasteiger partial charge in [-0.1, -0.05) is 0 Å². The highest BCUT2D eigenvalue weighted by atomic mass is 16.6. The summed E-state index contributed by atoms with van der Waals surface area (Å²) in [5.41, 5.74) is 0.692. The first-order valence-electron chi connectivity index (χ1n) is 6.57. The molecule has 0 aliphatic carbocycles. The Morgan fingerprint density at radius 3 is 2.74 bits per heavy atom. The first kappa shape index (κ1) is 13.8. The van der Waals surface area contributed by atoms with Gasteiger partial charge in [0.2, 0.25) is 0 Å². The second-order valence-electron chi connectivity index (χ2n) is 5.71. The fourth-order valence-electron chi connectivity index (χ4n) is 2.06. The number of nitrogens with one attached hydrogen (secondary N) is 1. The monoisotopic (exact) mass is 263 g/mol. The van der Waals surface area contributed by atoms with E-state index >= 15 is 0 Å². The molecule has 1 fully saturated rings. The highest BCUT2D eigenvalue weighted by Gasteiger charge is 2.27. The lowest BCUT2D eigenvalue weighted by Crippen LogP contribution is -2.49. The van der Waals surface area contributed by atoms with Gasteiger partial charge < -0.3 is 15.0 Å². The Labute approximate surface area is 114 Å². The first-order chi connectivity index (χ1) is 8.96. The van der Waals surface area contributed by atoms with Crippen molar-refractivity contribution in [2.45, 2.75) is 32.4 Å². The molecule has 0 saturated carbocycles. The number of carbonyl (C=O) groups excluding carboxylic acids is 1. The molecule has 104 valence electrons. The Kier molecular flexibility index (Phi) is 4.04. The number of carbonyl (C=O) groups is 1. The molecule has 1 aromatic rings. The maximum Gasteiger partial charge on any atom is 0.410 e. The molecule has 0 bridgehead atoms. The molecule has 1 saturated heterocycles. The second kappa shape index (κ2) is 5.57. The SMILES string of the molecule is CC(C)(C)OC(=O)N1CCN[C@@H](c2ccncc2)C1. The molecule has 1 aliphatic rings. The van der Waals surface area contributed by atoms with E-state index in [1.807, 2.05) is 32.9 Å². The highest BCUT2D eigenvalue weighted by molar-refractivity contribution is 5.68. The molecule has 2 rings (SSSR count). The quantitative estimate of drug-likeness (QED) is 0.841. The lowest BCUT2D eigenvalue weighted by molar-refractivity contribution is 0.0195. The van der Waals surface area contributed by atoms with Crippen LogP contribution in [0.5, 0.6) is 0 Å². The fourth-order valence-corrected chi connectivity index (χ4v) is 2.06. The van der Waals surface area contributed by atoms with Gasteiger partial charge in [-0.2, -0.15) is 0 Å². The number of amides is 1. The zero-order valence-electron chi connectivity index (χ0n) is 11.7. The Morgan fingerprint density at radius 2 is 2.11 bits per heavy atom. The summed E-state index contributed by atoms with van der Waals surface area (Å²) in [7, 11) is 0. The number of hydrogen-bond acceptors (Lipinski definition) is 4. The zero-order chi connectivity index (χ0) is 13.9. The summed E-state index contributed by atoms with van der Waals surface area (Å²) in [6, 6.07) is 4.08. The summed E-state index contributed by atoms with van der Waals surface area (Å²) in [6.45, 7) is 7.72. The minimum absolute atomic E-state index is 0.143. The van der Waals surface area contributed by atoms with Crippen LogP contribution in [-0.2, 0) is 4.74 Å². The largest absolute Gasteiger partial charge is 0.444 e. The normalized spacial score (nSPS) is 20.2. The standard InChI is InChI=1S/C14H21N3O2/c1-14(2,3)19-13(18)17-9-8-16-12(10-17)11-4-6-15-7-5-11/h4-7,12,16H,8-10H2,1-3H3/t12-/m1/s1. The number of pyridine rings is 1. The maximum atomic E-state index is 12.1. The summed E-state index contributed by atoms with van der Waals surface area (Å²) in [5.74, 6) is 0. The molecule has 19 heavy (non-hydrogen) atoms. The lowest BCUT2D eigenvalue weighted by Gasteiger charge is -2.35. The minimum atomic E-state index is -0.450. The van der Waals surface area contributed by atoms with Crippen molar-refractivity contribution in [2.75, 3.05) is 19.6 Å². The average molecular weight is 263 g/mol. The van der Waals surface area contributed by atoms with Crippen LogP contribution in [0.1, 0.15) is 32.4 Å². The summed E-state index contributed by atoms with van der Waals surface area (Å²) in [6.07, 6.45) is 3.29. The fraction of sp³-hybridized carbons (Fsp3) is 0.571. The van der Waals surface area contributed by atoms with E-state index in [4.69, 9.17) is 4.74 Å². The zero-order valence-corrected chi connectivity index (χ0v) is 11.7. The highest BCUT2D eigenvalue weighted by Crippen LogP contribution is 2.18. The number of hydrogen-bond donors (Lipinski definition) is 1. The predicted molar refractivity (Wildman–Crippen MR) is 72.8 cm³/mol. The molecule has 1 aliphatic heterocycles. The first-order valence-corrected chi connectivity index (χ1v) is 6.57. The average Bonchev–Trinajstić information content (AvgIpc) is 2.38. The third-order valence-corrected chi connectivity index (χ3v) is 2.94. The Balaban J connectivity index is 2.00. The Bertz CT molecular complexity index is 428. The number of ether oxygens (including phenoxy) is 1. The molecule has 5 heteroatoms. The second-order valence-corrected chi connectivity index (χ2v) is 5.71. The topological polar surface area (TPSA) is 54.5 Å². The van der Waals surface area contributed by atoms with Gasteiger partial charge in [0.1, 0.15) is 5.60 Å². The van der Waals surface area contributed by atoms with Crippen molar-refractivity contribution in [1.82, 2.24) is 15.2 Å². The van der Waals surface area contributed by atoms with E-state index in [0.29, 0.717) is 13.1 Å². The number of aromatic nitrogens is 1. The summed E-state index contributed by atoms with van der Waals surface area (Å²) >= 11 is 0. The van der Waals surface area contributed by atoms with Crippen LogP contribution in [0, 0.1) is 0 Å².